The van der Waals surface area contributed by atoms with Crippen LogP contribution < -0.4 is 10.6 Å². The SMILES string of the molecule is C#CCNC(=NC)NCc1nc(C)no1. The Balaban J connectivity index is 2.38. The summed E-state index contributed by atoms with van der Waals surface area (Å²) in [4.78, 5) is 7.99. The van der Waals surface area contributed by atoms with E-state index in [-0.39, 0.29) is 0 Å². The van der Waals surface area contributed by atoms with E-state index in [4.69, 9.17) is 10.9 Å². The second-order valence-corrected chi connectivity index (χ2v) is 2.72. The highest BCUT2D eigenvalue weighted by Crippen LogP contribution is 1.93. The van der Waals surface area contributed by atoms with Gasteiger partial charge in [0.2, 0.25) is 5.89 Å². The van der Waals surface area contributed by atoms with Gasteiger partial charge in [0.1, 0.15) is 0 Å². The molecule has 0 saturated carbocycles. The number of guanidine groups is 1. The lowest BCUT2D eigenvalue weighted by Gasteiger charge is -2.06. The van der Waals surface area contributed by atoms with Gasteiger partial charge >= 0.3 is 0 Å². The van der Waals surface area contributed by atoms with Crippen molar-refractivity contribution in [1.29, 1.82) is 0 Å². The second-order valence-electron chi connectivity index (χ2n) is 2.72. The first-order valence-electron chi connectivity index (χ1n) is 4.43. The van der Waals surface area contributed by atoms with Crippen LogP contribution in [0.2, 0.25) is 0 Å². The third kappa shape index (κ3) is 3.68. The fraction of sp³-hybridized carbons (Fsp3) is 0.444. The predicted molar refractivity (Wildman–Crippen MR) is 56.1 cm³/mol. The molecular weight excluding hydrogens is 194 g/mol. The smallest absolute Gasteiger partial charge is 0.246 e. The summed E-state index contributed by atoms with van der Waals surface area (Å²) in [6, 6.07) is 0. The van der Waals surface area contributed by atoms with Crippen LogP contribution >= 0.6 is 0 Å². The number of aryl methyl sites for hydroxylation is 1. The Morgan fingerprint density at radius 2 is 2.40 bits per heavy atom. The summed E-state index contributed by atoms with van der Waals surface area (Å²) < 4.78 is 4.92. The highest BCUT2D eigenvalue weighted by Gasteiger charge is 2.02. The number of nitrogens with one attached hydrogen (secondary N) is 2. The molecule has 0 amide bonds. The molecule has 0 unspecified atom stereocenters. The van der Waals surface area contributed by atoms with Crippen LogP contribution in [0.5, 0.6) is 0 Å². The van der Waals surface area contributed by atoms with E-state index in [1.807, 2.05) is 0 Å². The monoisotopic (exact) mass is 207 g/mol. The van der Waals surface area contributed by atoms with Crippen molar-refractivity contribution in [3.05, 3.63) is 11.7 Å². The Bertz CT molecular complexity index is 376. The lowest BCUT2D eigenvalue weighted by atomic mass is 10.6. The first-order chi connectivity index (χ1) is 7.26. The average Bonchev–Trinajstić information content (AvgIpc) is 2.65. The van der Waals surface area contributed by atoms with Gasteiger partial charge in [0.25, 0.3) is 0 Å². The van der Waals surface area contributed by atoms with Crippen molar-refractivity contribution in [3.8, 4) is 12.3 Å². The standard InChI is InChI=1S/C9H13N5O/c1-4-5-11-9(10-3)12-6-8-13-7(2)14-15-8/h1H,5-6H2,2-3H3,(H2,10,11,12). The lowest BCUT2D eigenvalue weighted by molar-refractivity contribution is 0.371. The van der Waals surface area contributed by atoms with Crippen LogP contribution in [0.15, 0.2) is 9.52 Å². The topological polar surface area (TPSA) is 75.3 Å². The molecule has 1 heterocycles. The van der Waals surface area contributed by atoms with Gasteiger partial charge in [0.05, 0.1) is 13.1 Å². The second kappa shape index (κ2) is 5.65. The van der Waals surface area contributed by atoms with E-state index in [0.717, 1.165) is 0 Å². The van der Waals surface area contributed by atoms with Crippen molar-refractivity contribution in [2.45, 2.75) is 13.5 Å². The highest BCUT2D eigenvalue weighted by molar-refractivity contribution is 5.79. The molecule has 0 spiro atoms. The molecule has 0 aliphatic rings. The van der Waals surface area contributed by atoms with E-state index in [9.17, 15) is 0 Å². The molecule has 0 aliphatic carbocycles. The highest BCUT2D eigenvalue weighted by atomic mass is 16.5. The molecule has 0 saturated heterocycles. The van der Waals surface area contributed by atoms with Crippen molar-refractivity contribution in [1.82, 2.24) is 20.8 Å². The number of aromatic nitrogens is 2. The van der Waals surface area contributed by atoms with E-state index in [1.54, 1.807) is 14.0 Å². The number of hydrogen-bond acceptors (Lipinski definition) is 4. The molecule has 1 aromatic heterocycles. The lowest BCUT2D eigenvalue weighted by Crippen LogP contribution is -2.36. The molecule has 1 rings (SSSR count). The van der Waals surface area contributed by atoms with Gasteiger partial charge < -0.3 is 15.2 Å². The Morgan fingerprint density at radius 1 is 1.60 bits per heavy atom. The summed E-state index contributed by atoms with van der Waals surface area (Å²) in [7, 11) is 1.66. The Kier molecular flexibility index (Phi) is 4.16. The number of hydrogen-bond donors (Lipinski definition) is 2. The van der Waals surface area contributed by atoms with E-state index in [1.165, 1.54) is 0 Å². The molecule has 0 aliphatic heterocycles. The minimum atomic E-state index is 0.419. The van der Waals surface area contributed by atoms with Crippen LogP contribution in [0, 0.1) is 19.3 Å². The van der Waals surface area contributed by atoms with Gasteiger partial charge in [0.15, 0.2) is 11.8 Å². The normalized spacial score (nSPS) is 10.9. The first-order valence-corrected chi connectivity index (χ1v) is 4.43. The maximum absolute atomic E-state index is 5.11. The molecule has 2 N–H and O–H groups in total. The van der Waals surface area contributed by atoms with Crippen molar-refractivity contribution in [2.75, 3.05) is 13.6 Å². The summed E-state index contributed by atoms with van der Waals surface area (Å²) in [5, 5.41) is 9.55. The van der Waals surface area contributed by atoms with Gasteiger partial charge in [-0.15, -0.1) is 6.42 Å². The third-order valence-corrected chi connectivity index (χ3v) is 1.56. The summed E-state index contributed by atoms with van der Waals surface area (Å²) >= 11 is 0. The molecule has 15 heavy (non-hydrogen) atoms. The van der Waals surface area contributed by atoms with Gasteiger partial charge in [-0.2, -0.15) is 4.98 Å². The summed E-state index contributed by atoms with van der Waals surface area (Å²) in [6.45, 7) is 2.60. The third-order valence-electron chi connectivity index (χ3n) is 1.56. The number of terminal acetylenes is 1. The van der Waals surface area contributed by atoms with Crippen LogP contribution in [-0.4, -0.2) is 29.7 Å². The number of rotatable bonds is 3. The number of nitrogens with zero attached hydrogens (tertiary/aromatic N) is 3. The summed E-state index contributed by atoms with van der Waals surface area (Å²) in [5.74, 6) is 4.17. The van der Waals surface area contributed by atoms with Gasteiger partial charge in [-0.1, -0.05) is 11.1 Å². The molecular formula is C9H13N5O. The molecule has 6 heteroatoms. The molecule has 0 fully saturated rings. The zero-order chi connectivity index (χ0) is 11.1. The molecule has 0 radical (unpaired) electrons. The van der Waals surface area contributed by atoms with Crippen LogP contribution in [-0.2, 0) is 6.54 Å². The van der Waals surface area contributed by atoms with Crippen molar-refractivity contribution in [3.63, 3.8) is 0 Å². The Morgan fingerprint density at radius 3 is 2.93 bits per heavy atom. The van der Waals surface area contributed by atoms with Gasteiger partial charge in [-0.3, -0.25) is 4.99 Å². The first kappa shape index (κ1) is 11.0. The van der Waals surface area contributed by atoms with E-state index in [2.05, 4.69) is 31.7 Å². The van der Waals surface area contributed by atoms with Gasteiger partial charge in [-0.25, -0.2) is 0 Å². The molecule has 6 nitrogen and oxygen atoms in total. The molecule has 1 aromatic rings. The van der Waals surface area contributed by atoms with Crippen molar-refractivity contribution >= 4 is 5.96 Å². The van der Waals surface area contributed by atoms with Crippen LogP contribution in [0.1, 0.15) is 11.7 Å². The van der Waals surface area contributed by atoms with Gasteiger partial charge in [-0.05, 0) is 6.92 Å². The molecule has 0 aromatic carbocycles. The summed E-state index contributed by atoms with van der Waals surface area (Å²) in [5.41, 5.74) is 0. The fourth-order valence-corrected chi connectivity index (χ4v) is 0.927. The minimum Gasteiger partial charge on any atom is -0.347 e. The molecule has 80 valence electrons. The average molecular weight is 207 g/mol. The van der Waals surface area contributed by atoms with Crippen LogP contribution in [0.25, 0.3) is 0 Å². The molecule has 0 bridgehead atoms. The fourth-order valence-electron chi connectivity index (χ4n) is 0.927. The minimum absolute atomic E-state index is 0.419. The summed E-state index contributed by atoms with van der Waals surface area (Å²) in [6.07, 6.45) is 5.11. The maximum Gasteiger partial charge on any atom is 0.246 e. The Hall–Kier alpha value is -2.03. The van der Waals surface area contributed by atoms with E-state index >= 15 is 0 Å². The van der Waals surface area contributed by atoms with Crippen molar-refractivity contribution < 1.29 is 4.52 Å². The Labute approximate surface area is 88.2 Å². The van der Waals surface area contributed by atoms with Crippen molar-refractivity contribution in [2.24, 2.45) is 4.99 Å². The quantitative estimate of drug-likeness (QED) is 0.403. The predicted octanol–water partition coefficient (Wildman–Crippen LogP) is -0.324. The van der Waals surface area contributed by atoms with Gasteiger partial charge in [0, 0.05) is 7.05 Å². The van der Waals surface area contributed by atoms with Crippen LogP contribution in [0.3, 0.4) is 0 Å². The van der Waals surface area contributed by atoms with Crippen LogP contribution in [0.4, 0.5) is 0 Å². The number of aliphatic imine (C=N–C) groups is 1. The van der Waals surface area contributed by atoms with E-state index in [0.29, 0.717) is 30.8 Å². The maximum atomic E-state index is 5.11. The zero-order valence-electron chi connectivity index (χ0n) is 8.74. The molecule has 0 atom stereocenters. The van der Waals surface area contributed by atoms with E-state index < -0.39 is 0 Å². The largest absolute Gasteiger partial charge is 0.347 e. The zero-order valence-corrected chi connectivity index (χ0v) is 8.74.